The maximum Gasteiger partial charge on any atom is 0.443 e. The minimum absolute atomic E-state index is 0.108. The molecule has 0 amide bonds. The lowest BCUT2D eigenvalue weighted by Crippen LogP contribution is -2.23. The molecule has 2 atom stereocenters. The lowest BCUT2D eigenvalue weighted by atomic mass is 10.0. The second-order valence-electron chi connectivity index (χ2n) is 4.47. The minimum Gasteiger partial charge on any atom is -0.384 e. The zero-order valence-electron chi connectivity index (χ0n) is 11.3. The summed E-state index contributed by atoms with van der Waals surface area (Å²) in [5.41, 5.74) is 0. The molecule has 1 aromatic heterocycles. The van der Waals surface area contributed by atoms with E-state index in [0.717, 1.165) is 6.42 Å². The van der Waals surface area contributed by atoms with Crippen LogP contribution in [0.25, 0.3) is 0 Å². The molecule has 0 aromatic carbocycles. The maximum atomic E-state index is 12.5. The van der Waals surface area contributed by atoms with E-state index in [9.17, 15) is 13.2 Å². The number of thiazole rings is 1. The van der Waals surface area contributed by atoms with E-state index in [0.29, 0.717) is 29.4 Å². The van der Waals surface area contributed by atoms with Crippen LogP contribution >= 0.6 is 11.3 Å². The van der Waals surface area contributed by atoms with Crippen LogP contribution in [0.1, 0.15) is 36.2 Å². The van der Waals surface area contributed by atoms with E-state index >= 15 is 0 Å². The van der Waals surface area contributed by atoms with Crippen LogP contribution in [-0.2, 0) is 10.9 Å². The molecular weight excluding hydrogens is 277 g/mol. The van der Waals surface area contributed by atoms with Gasteiger partial charge in [-0.05, 0) is 18.9 Å². The highest BCUT2D eigenvalue weighted by Crippen LogP contribution is 2.35. The Bertz CT molecular complexity index is 381. The monoisotopic (exact) mass is 296 g/mol. The van der Waals surface area contributed by atoms with Crippen molar-refractivity contribution in [3.63, 3.8) is 0 Å². The molecule has 0 fully saturated rings. The fourth-order valence-corrected chi connectivity index (χ4v) is 2.75. The van der Waals surface area contributed by atoms with Crippen LogP contribution in [-0.4, -0.2) is 25.2 Å². The van der Waals surface area contributed by atoms with Gasteiger partial charge in [-0.1, -0.05) is 13.8 Å². The van der Waals surface area contributed by atoms with Gasteiger partial charge in [-0.15, -0.1) is 11.3 Å². The molecule has 0 radical (unpaired) electrons. The summed E-state index contributed by atoms with van der Waals surface area (Å²) in [5, 5.41) is 2.41. The molecule has 2 unspecified atom stereocenters. The van der Waals surface area contributed by atoms with Crippen LogP contribution in [0.2, 0.25) is 0 Å². The smallest absolute Gasteiger partial charge is 0.384 e. The van der Waals surface area contributed by atoms with Crippen LogP contribution in [0.5, 0.6) is 0 Å². The van der Waals surface area contributed by atoms with Gasteiger partial charge in [0, 0.05) is 30.8 Å². The molecule has 0 spiro atoms. The molecule has 0 aliphatic carbocycles. The quantitative estimate of drug-likeness (QED) is 0.836. The van der Waals surface area contributed by atoms with Gasteiger partial charge in [-0.2, -0.15) is 13.2 Å². The third-order valence-corrected chi connectivity index (χ3v) is 3.81. The van der Waals surface area contributed by atoms with Gasteiger partial charge in [0.25, 0.3) is 0 Å². The summed E-state index contributed by atoms with van der Waals surface area (Å²) in [7, 11) is 1.62. The van der Waals surface area contributed by atoms with Gasteiger partial charge < -0.3 is 10.1 Å². The lowest BCUT2D eigenvalue weighted by Gasteiger charge is -2.20. The number of nitrogens with zero attached hydrogens (tertiary/aromatic N) is 1. The summed E-state index contributed by atoms with van der Waals surface area (Å²) in [4.78, 5) is 4.09. The van der Waals surface area contributed by atoms with Gasteiger partial charge in [0.1, 0.15) is 0 Å². The number of halogens is 3. The highest BCUT2D eigenvalue weighted by Gasteiger charge is 2.35. The van der Waals surface area contributed by atoms with E-state index in [-0.39, 0.29) is 12.0 Å². The van der Waals surface area contributed by atoms with Crippen molar-refractivity contribution < 1.29 is 17.9 Å². The Hall–Kier alpha value is -0.660. The van der Waals surface area contributed by atoms with Crippen molar-refractivity contribution >= 4 is 11.3 Å². The Morgan fingerprint density at radius 2 is 2.16 bits per heavy atom. The van der Waals surface area contributed by atoms with Crippen molar-refractivity contribution in [3.05, 3.63) is 16.1 Å². The Labute approximate surface area is 115 Å². The Morgan fingerprint density at radius 3 is 2.63 bits per heavy atom. The normalized spacial score (nSPS) is 15.5. The Balaban J connectivity index is 2.78. The standard InChI is InChI=1S/C12H19F3N2OS/c1-4-16-9(5-8(2)7-18-3)10-6-17-11(19-10)12(13,14)15/h6,8-9,16H,4-5,7H2,1-3H3. The predicted octanol–water partition coefficient (Wildman–Crippen LogP) is 3.49. The summed E-state index contributed by atoms with van der Waals surface area (Å²) in [6.45, 7) is 5.23. The largest absolute Gasteiger partial charge is 0.443 e. The number of ether oxygens (including phenoxy) is 1. The van der Waals surface area contributed by atoms with Gasteiger partial charge in [0.05, 0.1) is 0 Å². The second-order valence-corrected chi connectivity index (χ2v) is 5.53. The van der Waals surface area contributed by atoms with Crippen molar-refractivity contribution in [1.82, 2.24) is 10.3 Å². The zero-order valence-corrected chi connectivity index (χ0v) is 12.1. The van der Waals surface area contributed by atoms with Crippen molar-refractivity contribution in [3.8, 4) is 0 Å². The van der Waals surface area contributed by atoms with Crippen LogP contribution in [0.4, 0.5) is 13.2 Å². The van der Waals surface area contributed by atoms with Crippen molar-refractivity contribution in [2.45, 2.75) is 32.5 Å². The van der Waals surface area contributed by atoms with Crippen LogP contribution in [0.15, 0.2) is 6.20 Å². The van der Waals surface area contributed by atoms with Crippen molar-refractivity contribution in [1.29, 1.82) is 0 Å². The van der Waals surface area contributed by atoms with Gasteiger partial charge in [-0.3, -0.25) is 0 Å². The third-order valence-electron chi connectivity index (χ3n) is 2.65. The highest BCUT2D eigenvalue weighted by atomic mass is 32.1. The summed E-state index contributed by atoms with van der Waals surface area (Å²) in [6.07, 6.45) is -2.32. The molecule has 0 bridgehead atoms. The number of hydrogen-bond acceptors (Lipinski definition) is 4. The molecule has 1 rings (SSSR count). The minimum atomic E-state index is -4.36. The molecule has 0 aliphatic heterocycles. The third kappa shape index (κ3) is 5.08. The van der Waals surface area contributed by atoms with Crippen molar-refractivity contribution in [2.75, 3.05) is 20.3 Å². The number of alkyl halides is 3. The summed E-state index contributed by atoms with van der Waals surface area (Å²) in [6, 6.07) is -0.108. The SMILES string of the molecule is CCNC(CC(C)COC)c1cnc(C(F)(F)F)s1. The van der Waals surface area contributed by atoms with E-state index in [1.807, 2.05) is 13.8 Å². The van der Waals surface area contributed by atoms with E-state index < -0.39 is 11.2 Å². The fourth-order valence-electron chi connectivity index (χ4n) is 1.88. The van der Waals surface area contributed by atoms with E-state index in [1.165, 1.54) is 6.20 Å². The van der Waals surface area contributed by atoms with Crippen LogP contribution < -0.4 is 5.32 Å². The van der Waals surface area contributed by atoms with Gasteiger partial charge >= 0.3 is 6.18 Å². The number of hydrogen-bond donors (Lipinski definition) is 1. The van der Waals surface area contributed by atoms with Gasteiger partial charge in [-0.25, -0.2) is 4.98 Å². The van der Waals surface area contributed by atoms with E-state index in [1.54, 1.807) is 7.11 Å². The predicted molar refractivity (Wildman–Crippen MR) is 69.2 cm³/mol. The molecule has 1 N–H and O–H groups in total. The van der Waals surface area contributed by atoms with Crippen LogP contribution in [0.3, 0.4) is 0 Å². The molecule has 0 saturated carbocycles. The topological polar surface area (TPSA) is 34.1 Å². The molecule has 1 heterocycles. The number of rotatable bonds is 7. The first-order valence-electron chi connectivity index (χ1n) is 6.13. The average molecular weight is 296 g/mol. The summed E-state index contributed by atoms with van der Waals surface area (Å²) < 4.78 is 42.7. The van der Waals surface area contributed by atoms with Gasteiger partial charge in [0.2, 0.25) is 0 Å². The number of methoxy groups -OCH3 is 1. The highest BCUT2D eigenvalue weighted by molar-refractivity contribution is 7.11. The van der Waals surface area contributed by atoms with Crippen molar-refractivity contribution in [2.24, 2.45) is 5.92 Å². The van der Waals surface area contributed by atoms with E-state index in [2.05, 4.69) is 10.3 Å². The Kier molecular flexibility index (Phi) is 6.22. The molecule has 1 aromatic rings. The molecule has 7 heteroatoms. The fraction of sp³-hybridized carbons (Fsp3) is 0.750. The summed E-state index contributed by atoms with van der Waals surface area (Å²) >= 11 is 0.709. The first-order valence-corrected chi connectivity index (χ1v) is 6.95. The molecule has 3 nitrogen and oxygen atoms in total. The molecule has 0 saturated heterocycles. The maximum absolute atomic E-state index is 12.5. The van der Waals surface area contributed by atoms with Gasteiger partial charge in [0.15, 0.2) is 5.01 Å². The molecule has 0 aliphatic rings. The molecular formula is C12H19F3N2OS. The number of aromatic nitrogens is 1. The average Bonchev–Trinajstić information content (AvgIpc) is 2.77. The first kappa shape index (κ1) is 16.4. The second kappa shape index (κ2) is 7.21. The van der Waals surface area contributed by atoms with E-state index in [4.69, 9.17) is 4.74 Å². The van der Waals surface area contributed by atoms with Crippen LogP contribution in [0, 0.1) is 5.92 Å². The first-order chi connectivity index (χ1) is 8.88. The summed E-state index contributed by atoms with van der Waals surface area (Å²) in [5.74, 6) is 0.269. The zero-order chi connectivity index (χ0) is 14.5. The number of nitrogens with one attached hydrogen (secondary N) is 1. The molecule has 110 valence electrons. The molecule has 19 heavy (non-hydrogen) atoms. The lowest BCUT2D eigenvalue weighted by molar-refractivity contribution is -0.137. The Morgan fingerprint density at radius 1 is 1.47 bits per heavy atom.